The van der Waals surface area contributed by atoms with E-state index in [1.807, 2.05) is 0 Å². The molecule has 1 aromatic carbocycles. The predicted octanol–water partition coefficient (Wildman–Crippen LogP) is 1.88. The van der Waals surface area contributed by atoms with Crippen LogP contribution < -0.4 is 4.74 Å². The van der Waals surface area contributed by atoms with Crippen LogP contribution in [0.5, 0.6) is 11.5 Å². The molecule has 0 radical (unpaired) electrons. The summed E-state index contributed by atoms with van der Waals surface area (Å²) in [5.41, 5.74) is 0.300. The van der Waals surface area contributed by atoms with Gasteiger partial charge < -0.3 is 14.7 Å². The van der Waals surface area contributed by atoms with Crippen molar-refractivity contribution in [2.45, 2.75) is 12.8 Å². The molecule has 0 heterocycles. The quantitative estimate of drug-likeness (QED) is 0.867. The van der Waals surface area contributed by atoms with Crippen LogP contribution in [-0.4, -0.2) is 36.6 Å². The predicted molar refractivity (Wildman–Crippen MR) is 64.3 cm³/mol. The van der Waals surface area contributed by atoms with Gasteiger partial charge in [0.1, 0.15) is 11.5 Å². The number of benzene rings is 1. The first-order valence-corrected chi connectivity index (χ1v) is 5.75. The van der Waals surface area contributed by atoms with E-state index in [9.17, 15) is 9.90 Å². The number of nitrogens with zero attached hydrogens (tertiary/aromatic N) is 1. The summed E-state index contributed by atoms with van der Waals surface area (Å²) in [6.07, 6.45) is 2.45. The largest absolute Gasteiger partial charge is 0.507 e. The third-order valence-corrected chi connectivity index (χ3v) is 2.79. The van der Waals surface area contributed by atoms with Crippen molar-refractivity contribution in [2.24, 2.45) is 5.92 Å². The summed E-state index contributed by atoms with van der Waals surface area (Å²) in [5.74, 6) is 1.04. The second kappa shape index (κ2) is 4.65. The van der Waals surface area contributed by atoms with Gasteiger partial charge in [0.2, 0.25) is 0 Å². The number of rotatable bonds is 4. The summed E-state index contributed by atoms with van der Waals surface area (Å²) < 4.78 is 5.52. The van der Waals surface area contributed by atoms with Gasteiger partial charge >= 0.3 is 0 Å². The van der Waals surface area contributed by atoms with Crippen molar-refractivity contribution in [1.82, 2.24) is 4.90 Å². The van der Waals surface area contributed by atoms with Crippen molar-refractivity contribution < 1.29 is 14.6 Å². The molecule has 1 saturated carbocycles. The fourth-order valence-corrected chi connectivity index (χ4v) is 1.52. The molecule has 0 aromatic heterocycles. The summed E-state index contributed by atoms with van der Waals surface area (Å²) in [6.45, 7) is 0.695. The Morgan fingerprint density at radius 1 is 1.47 bits per heavy atom. The van der Waals surface area contributed by atoms with Crippen LogP contribution in [0.25, 0.3) is 0 Å². The molecule has 1 aliphatic carbocycles. The lowest BCUT2D eigenvalue weighted by Gasteiger charge is -2.12. The van der Waals surface area contributed by atoms with Crippen LogP contribution in [0, 0.1) is 5.92 Å². The molecule has 0 unspecified atom stereocenters. The van der Waals surface area contributed by atoms with E-state index < -0.39 is 0 Å². The van der Waals surface area contributed by atoms with Gasteiger partial charge in [0.15, 0.2) is 0 Å². The van der Waals surface area contributed by atoms with E-state index >= 15 is 0 Å². The molecule has 0 aliphatic heterocycles. The van der Waals surface area contributed by atoms with Gasteiger partial charge in [-0.1, -0.05) is 0 Å². The third kappa shape index (κ3) is 2.90. The van der Waals surface area contributed by atoms with E-state index in [4.69, 9.17) is 4.74 Å². The molecule has 4 heteroatoms. The van der Waals surface area contributed by atoms with Crippen LogP contribution in [0.3, 0.4) is 0 Å². The molecule has 1 N–H and O–H groups in total. The van der Waals surface area contributed by atoms with E-state index in [1.165, 1.54) is 23.8 Å². The normalized spacial score (nSPS) is 14.5. The highest BCUT2D eigenvalue weighted by molar-refractivity contribution is 5.96. The van der Waals surface area contributed by atoms with Crippen LogP contribution in [0.4, 0.5) is 0 Å². The van der Waals surface area contributed by atoms with Gasteiger partial charge in [-0.2, -0.15) is 0 Å². The minimum Gasteiger partial charge on any atom is -0.507 e. The zero-order valence-electron chi connectivity index (χ0n) is 10.1. The maximum Gasteiger partial charge on any atom is 0.257 e. The molecule has 1 amide bonds. The monoisotopic (exact) mass is 235 g/mol. The van der Waals surface area contributed by atoms with Crippen LogP contribution in [-0.2, 0) is 0 Å². The molecule has 92 valence electrons. The minimum absolute atomic E-state index is 0.0306. The highest BCUT2D eigenvalue weighted by atomic mass is 16.5. The Morgan fingerprint density at radius 2 is 2.18 bits per heavy atom. The van der Waals surface area contributed by atoms with Gasteiger partial charge in [-0.25, -0.2) is 0 Å². The van der Waals surface area contributed by atoms with Gasteiger partial charge in [-0.3, -0.25) is 4.79 Å². The van der Waals surface area contributed by atoms with Crippen molar-refractivity contribution in [3.05, 3.63) is 23.8 Å². The molecule has 1 aliphatic rings. The Bertz CT molecular complexity index is 425. The topological polar surface area (TPSA) is 49.8 Å². The van der Waals surface area contributed by atoms with E-state index in [0.717, 1.165) is 0 Å². The highest BCUT2D eigenvalue weighted by Crippen LogP contribution is 2.31. The van der Waals surface area contributed by atoms with Crippen molar-refractivity contribution in [3.63, 3.8) is 0 Å². The van der Waals surface area contributed by atoms with Crippen LogP contribution in [0.1, 0.15) is 23.2 Å². The summed E-state index contributed by atoms with van der Waals surface area (Å²) in [6, 6.07) is 4.82. The smallest absolute Gasteiger partial charge is 0.257 e. The Kier molecular flexibility index (Phi) is 3.22. The molecule has 1 fully saturated rings. The van der Waals surface area contributed by atoms with Gasteiger partial charge in [-0.05, 0) is 30.9 Å². The van der Waals surface area contributed by atoms with Crippen molar-refractivity contribution >= 4 is 5.91 Å². The molecule has 0 bridgehead atoms. The van der Waals surface area contributed by atoms with Gasteiger partial charge in [0.25, 0.3) is 5.91 Å². The average Bonchev–Trinajstić information content (AvgIpc) is 3.09. The molecule has 0 saturated heterocycles. The zero-order chi connectivity index (χ0) is 12.4. The standard InChI is InChI=1S/C13H17NO3/c1-14(2)13(16)11-6-5-10(7-12(11)15)17-8-9-3-4-9/h5-7,9,15H,3-4,8H2,1-2H3. The molecular weight excluding hydrogens is 218 g/mol. The lowest BCUT2D eigenvalue weighted by atomic mass is 10.1. The minimum atomic E-state index is -0.212. The first-order chi connectivity index (χ1) is 8.08. The number of phenolic OH excluding ortho intramolecular Hbond substituents is 1. The fourth-order valence-electron chi connectivity index (χ4n) is 1.52. The Hall–Kier alpha value is -1.71. The number of hydrogen-bond acceptors (Lipinski definition) is 3. The number of hydrogen-bond donors (Lipinski definition) is 1. The van der Waals surface area contributed by atoms with Crippen molar-refractivity contribution in [3.8, 4) is 11.5 Å². The van der Waals surface area contributed by atoms with E-state index in [0.29, 0.717) is 23.8 Å². The number of carbonyl (C=O) groups excluding carboxylic acids is 1. The van der Waals surface area contributed by atoms with Gasteiger partial charge in [0.05, 0.1) is 12.2 Å². The lowest BCUT2D eigenvalue weighted by molar-refractivity contribution is 0.0824. The van der Waals surface area contributed by atoms with Crippen LogP contribution in [0.15, 0.2) is 18.2 Å². The van der Waals surface area contributed by atoms with Crippen LogP contribution in [0.2, 0.25) is 0 Å². The summed E-state index contributed by atoms with van der Waals surface area (Å²) in [7, 11) is 3.30. The summed E-state index contributed by atoms with van der Waals surface area (Å²) in [5, 5.41) is 9.76. The molecule has 17 heavy (non-hydrogen) atoms. The molecular formula is C13H17NO3. The maximum atomic E-state index is 11.7. The zero-order valence-corrected chi connectivity index (χ0v) is 10.1. The third-order valence-electron chi connectivity index (χ3n) is 2.79. The highest BCUT2D eigenvalue weighted by Gasteiger charge is 2.22. The number of ether oxygens (including phenoxy) is 1. The molecule has 2 rings (SSSR count). The fraction of sp³-hybridized carbons (Fsp3) is 0.462. The Morgan fingerprint density at radius 3 is 2.71 bits per heavy atom. The number of carbonyl (C=O) groups is 1. The SMILES string of the molecule is CN(C)C(=O)c1ccc(OCC2CC2)cc1O. The van der Waals surface area contributed by atoms with Crippen molar-refractivity contribution in [2.75, 3.05) is 20.7 Å². The Labute approximate surface area is 101 Å². The first kappa shape index (κ1) is 11.8. The summed E-state index contributed by atoms with van der Waals surface area (Å²) in [4.78, 5) is 13.1. The van der Waals surface area contributed by atoms with Crippen molar-refractivity contribution in [1.29, 1.82) is 0 Å². The van der Waals surface area contributed by atoms with Gasteiger partial charge in [-0.15, -0.1) is 0 Å². The second-order valence-electron chi connectivity index (χ2n) is 4.63. The second-order valence-corrected chi connectivity index (χ2v) is 4.63. The van der Waals surface area contributed by atoms with E-state index in [1.54, 1.807) is 26.2 Å². The lowest BCUT2D eigenvalue weighted by Crippen LogP contribution is -2.21. The number of amides is 1. The number of aromatic hydroxyl groups is 1. The van der Waals surface area contributed by atoms with E-state index in [2.05, 4.69) is 0 Å². The Balaban J connectivity index is 2.07. The van der Waals surface area contributed by atoms with Crippen LogP contribution >= 0.6 is 0 Å². The molecule has 1 aromatic rings. The molecule has 4 nitrogen and oxygen atoms in total. The molecule has 0 spiro atoms. The van der Waals surface area contributed by atoms with E-state index in [-0.39, 0.29) is 11.7 Å². The summed E-state index contributed by atoms with van der Waals surface area (Å²) >= 11 is 0. The average molecular weight is 235 g/mol. The van der Waals surface area contributed by atoms with Gasteiger partial charge in [0, 0.05) is 20.2 Å². The molecule has 0 atom stereocenters. The first-order valence-electron chi connectivity index (χ1n) is 5.75. The maximum absolute atomic E-state index is 11.7. The number of phenols is 1.